The molecule has 0 aliphatic carbocycles. The molecule has 0 fully saturated rings. The van der Waals surface area contributed by atoms with Crippen LogP contribution < -0.4 is 0 Å². The lowest BCUT2D eigenvalue weighted by Crippen LogP contribution is -2.26. The number of halogens is 4. The molecule has 0 heterocycles. The van der Waals surface area contributed by atoms with Crippen LogP contribution in [-0.2, 0) is 27.2 Å². The van der Waals surface area contributed by atoms with E-state index in [9.17, 15) is 9.13 Å². The van der Waals surface area contributed by atoms with Crippen molar-refractivity contribution in [1.29, 1.82) is 0 Å². The summed E-state index contributed by atoms with van der Waals surface area (Å²) in [5.41, 5.74) is 0. The van der Waals surface area contributed by atoms with Gasteiger partial charge in [0.25, 0.3) is 0 Å². The van der Waals surface area contributed by atoms with Gasteiger partial charge in [-0.2, -0.15) is 0 Å². The first-order valence-corrected chi connectivity index (χ1v) is 16.3. The first kappa shape index (κ1) is 33.5. The van der Waals surface area contributed by atoms with Gasteiger partial charge >= 0.3 is 15.2 Å². The molecule has 6 nitrogen and oxygen atoms in total. The van der Waals surface area contributed by atoms with E-state index in [-0.39, 0.29) is 48.0 Å². The largest absolute Gasteiger partial charge is 0.360 e. The van der Waals surface area contributed by atoms with Gasteiger partial charge in [0.05, 0.1) is 42.1 Å². The number of alkyl halides is 4. The van der Waals surface area contributed by atoms with Gasteiger partial charge in [0.15, 0.2) is 5.85 Å². The zero-order chi connectivity index (χ0) is 24.9. The third-order valence-corrected chi connectivity index (χ3v) is 11.1. The minimum Gasteiger partial charge on any atom is -0.307 e. The summed E-state index contributed by atoms with van der Waals surface area (Å²) in [5.74, 6) is -1.54. The van der Waals surface area contributed by atoms with Gasteiger partial charge in [0.2, 0.25) is 0 Å². The van der Waals surface area contributed by atoms with Crippen molar-refractivity contribution >= 4 is 61.6 Å². The van der Waals surface area contributed by atoms with Crippen molar-refractivity contribution < 1.29 is 27.2 Å². The third-order valence-electron chi connectivity index (χ3n) is 4.67. The Labute approximate surface area is 214 Å². The summed E-state index contributed by atoms with van der Waals surface area (Å²) < 4.78 is 50.6. The predicted octanol–water partition coefficient (Wildman–Crippen LogP) is 8.49. The van der Waals surface area contributed by atoms with Crippen molar-refractivity contribution in [3.05, 3.63) is 0 Å². The fourth-order valence-electron chi connectivity index (χ4n) is 2.31. The van der Waals surface area contributed by atoms with Crippen LogP contribution in [0.15, 0.2) is 0 Å². The number of hydrogen-bond acceptors (Lipinski definition) is 6. The molecule has 0 bridgehead atoms. The Kier molecular flexibility index (Phi) is 17.8. The molecule has 0 aromatic heterocycles. The van der Waals surface area contributed by atoms with Crippen LogP contribution in [0, 0.1) is 5.92 Å². The number of hydrogen-bond donors (Lipinski definition) is 0. The van der Waals surface area contributed by atoms with Crippen LogP contribution in [0.1, 0.15) is 67.2 Å². The van der Waals surface area contributed by atoms with E-state index in [2.05, 4.69) is 0 Å². The molecule has 32 heavy (non-hydrogen) atoms. The molecule has 0 aliphatic heterocycles. The predicted molar refractivity (Wildman–Crippen MR) is 137 cm³/mol. The van der Waals surface area contributed by atoms with Gasteiger partial charge in [-0.3, -0.25) is 13.7 Å². The summed E-state index contributed by atoms with van der Waals surface area (Å²) in [5, 5.41) is -1.53. The molecule has 0 aromatic carbocycles. The molecule has 6 unspecified atom stereocenters. The molecule has 12 heteroatoms. The van der Waals surface area contributed by atoms with E-state index in [1.807, 2.05) is 27.7 Å². The molecule has 0 aliphatic rings. The number of rotatable bonds is 19. The van der Waals surface area contributed by atoms with E-state index in [1.54, 1.807) is 13.8 Å². The summed E-state index contributed by atoms with van der Waals surface area (Å²) in [6, 6.07) is 0. The van der Waals surface area contributed by atoms with Crippen LogP contribution in [0.25, 0.3) is 0 Å². The molecule has 0 radical (unpaired) electrons. The Morgan fingerprint density at radius 3 is 1.38 bits per heavy atom. The monoisotopic (exact) mass is 578 g/mol. The third kappa shape index (κ3) is 13.0. The van der Waals surface area contributed by atoms with Gasteiger partial charge in [0.1, 0.15) is 0 Å². The van der Waals surface area contributed by atoms with Gasteiger partial charge in [-0.1, -0.05) is 41.5 Å². The average molecular weight is 580 g/mol. The van der Waals surface area contributed by atoms with Crippen molar-refractivity contribution in [2.24, 2.45) is 5.92 Å². The molecule has 194 valence electrons. The Bertz CT molecular complexity index is 580. The second-order valence-corrected chi connectivity index (χ2v) is 14.6. The van der Waals surface area contributed by atoms with Gasteiger partial charge in [-0.15, -0.1) is 46.4 Å². The average Bonchev–Trinajstić information content (AvgIpc) is 2.77. The lowest BCUT2D eigenvalue weighted by atomic mass is 10.2. The summed E-state index contributed by atoms with van der Waals surface area (Å²) >= 11 is 24.8. The fourth-order valence-corrected chi connectivity index (χ4v) is 8.01. The Morgan fingerprint density at radius 2 is 1.03 bits per heavy atom. The second kappa shape index (κ2) is 17.0. The van der Waals surface area contributed by atoms with Crippen molar-refractivity contribution in [1.82, 2.24) is 0 Å². The van der Waals surface area contributed by atoms with Gasteiger partial charge in [0, 0.05) is 5.38 Å². The first-order chi connectivity index (χ1) is 14.9. The van der Waals surface area contributed by atoms with Crippen molar-refractivity contribution in [3.63, 3.8) is 0 Å². The summed E-state index contributed by atoms with van der Waals surface area (Å²) in [6.45, 7) is 11.1. The zero-order valence-electron chi connectivity index (χ0n) is 20.0. The lowest BCUT2D eigenvalue weighted by Gasteiger charge is -2.33. The molecular formula is C20H40Cl4O6P2. The first-order valence-electron chi connectivity index (χ1n) is 11.2. The summed E-state index contributed by atoms with van der Waals surface area (Å²) in [7, 11) is -7.73. The highest BCUT2D eigenvalue weighted by atomic mass is 35.5. The Hall–Kier alpha value is 1.46. The van der Waals surface area contributed by atoms with Gasteiger partial charge in [-0.25, -0.2) is 0 Å². The van der Waals surface area contributed by atoms with Crippen LogP contribution >= 0.6 is 61.6 Å². The van der Waals surface area contributed by atoms with Crippen molar-refractivity contribution in [2.75, 3.05) is 26.0 Å². The topological polar surface area (TPSA) is 71.1 Å². The fraction of sp³-hybridized carbons (Fsp3) is 1.00. The quantitative estimate of drug-likeness (QED) is 0.113. The van der Waals surface area contributed by atoms with Gasteiger partial charge in [-0.05, 0) is 31.6 Å². The molecule has 0 N–H and O–H groups in total. The smallest absolute Gasteiger partial charge is 0.307 e. The molecular weight excluding hydrogens is 540 g/mol. The van der Waals surface area contributed by atoms with E-state index in [0.717, 1.165) is 0 Å². The van der Waals surface area contributed by atoms with E-state index in [4.69, 9.17) is 64.5 Å². The molecule has 0 spiro atoms. The Balaban J connectivity index is 5.92. The summed E-state index contributed by atoms with van der Waals surface area (Å²) in [6.07, 6.45) is 2.36. The highest BCUT2D eigenvalue weighted by molar-refractivity contribution is 7.57. The highest BCUT2D eigenvalue weighted by Crippen LogP contribution is 2.63. The van der Waals surface area contributed by atoms with Crippen LogP contribution in [-0.4, -0.2) is 53.3 Å². The maximum atomic E-state index is 13.9. The minimum absolute atomic E-state index is 0.0126. The standard InChI is InChI=1S/C20H40Cl4O6P2/c1-7-16(21)11-27-31(25,14-19(24)10-4)30-20(15(5)6)32(26,28-12-17(22)8-2)29-13-18(23)9-3/h15-20H,7-14H2,1-6H3. The minimum atomic E-state index is -3.94. The van der Waals surface area contributed by atoms with E-state index >= 15 is 0 Å². The second-order valence-electron chi connectivity index (χ2n) is 7.98. The molecule has 6 atom stereocenters. The maximum Gasteiger partial charge on any atom is 0.360 e. The van der Waals surface area contributed by atoms with Crippen molar-refractivity contribution in [2.45, 2.75) is 94.6 Å². The summed E-state index contributed by atoms with van der Waals surface area (Å²) in [4.78, 5) is 0. The lowest BCUT2D eigenvalue weighted by molar-refractivity contribution is 0.110. The molecule has 0 amide bonds. The molecule has 0 aromatic rings. The molecule has 0 saturated carbocycles. The van der Waals surface area contributed by atoms with Crippen LogP contribution in [0.2, 0.25) is 0 Å². The van der Waals surface area contributed by atoms with E-state index in [0.29, 0.717) is 25.7 Å². The van der Waals surface area contributed by atoms with Crippen LogP contribution in [0.5, 0.6) is 0 Å². The van der Waals surface area contributed by atoms with E-state index in [1.165, 1.54) is 0 Å². The van der Waals surface area contributed by atoms with Crippen molar-refractivity contribution in [3.8, 4) is 0 Å². The van der Waals surface area contributed by atoms with Gasteiger partial charge < -0.3 is 13.6 Å². The highest BCUT2D eigenvalue weighted by Gasteiger charge is 2.45. The molecule has 0 saturated heterocycles. The molecule has 0 rings (SSSR count). The zero-order valence-corrected chi connectivity index (χ0v) is 24.8. The maximum absolute atomic E-state index is 13.9. The SMILES string of the molecule is CCC(Cl)COP(=O)(CC(Cl)CC)OC(C(C)C)P(=O)(OCC(Cl)CC)OCC(Cl)CC. The Morgan fingerprint density at radius 1 is 0.656 bits per heavy atom. The van der Waals surface area contributed by atoms with E-state index < -0.39 is 26.4 Å². The normalized spacial score (nSPS) is 20.8. The van der Waals surface area contributed by atoms with Crippen LogP contribution in [0.3, 0.4) is 0 Å². The van der Waals surface area contributed by atoms with Crippen LogP contribution in [0.4, 0.5) is 0 Å².